The van der Waals surface area contributed by atoms with E-state index < -0.39 is 0 Å². The Morgan fingerprint density at radius 2 is 2.00 bits per heavy atom. The summed E-state index contributed by atoms with van der Waals surface area (Å²) in [5, 5.41) is 0. The number of rotatable bonds is 1. The molecule has 3 aliphatic rings. The third-order valence-corrected chi connectivity index (χ3v) is 2.90. The highest BCUT2D eigenvalue weighted by Gasteiger charge is 2.37. The average molecular weight is 184 g/mol. The van der Waals surface area contributed by atoms with Crippen molar-refractivity contribution in [3.63, 3.8) is 0 Å². The van der Waals surface area contributed by atoms with Crippen molar-refractivity contribution in [3.05, 3.63) is 0 Å². The van der Waals surface area contributed by atoms with Gasteiger partial charge in [0.2, 0.25) is 0 Å². The van der Waals surface area contributed by atoms with Crippen LogP contribution in [0.1, 0.15) is 13.8 Å². The summed E-state index contributed by atoms with van der Waals surface area (Å²) in [6.07, 6.45) is 0.00227. The van der Waals surface area contributed by atoms with Gasteiger partial charge in [0.25, 0.3) is 0 Å². The van der Waals surface area contributed by atoms with E-state index in [4.69, 9.17) is 4.74 Å². The number of esters is 1. The summed E-state index contributed by atoms with van der Waals surface area (Å²) < 4.78 is 5.22. The molecule has 0 amide bonds. The van der Waals surface area contributed by atoms with Gasteiger partial charge in [0.15, 0.2) is 6.23 Å². The van der Waals surface area contributed by atoms with Gasteiger partial charge in [-0.05, 0) is 6.92 Å². The molecule has 3 saturated heterocycles. The molecule has 0 radical (unpaired) electrons. The van der Waals surface area contributed by atoms with E-state index in [2.05, 4.69) is 16.7 Å². The third kappa shape index (κ3) is 1.69. The van der Waals surface area contributed by atoms with Gasteiger partial charge < -0.3 is 4.74 Å². The van der Waals surface area contributed by atoms with Gasteiger partial charge in [0.1, 0.15) is 0 Å². The first-order valence-electron chi connectivity index (χ1n) is 4.82. The minimum absolute atomic E-state index is 0.00227. The first-order valence-corrected chi connectivity index (χ1v) is 4.82. The van der Waals surface area contributed by atoms with Crippen molar-refractivity contribution in [2.24, 2.45) is 0 Å². The highest BCUT2D eigenvalue weighted by Crippen LogP contribution is 2.21. The summed E-state index contributed by atoms with van der Waals surface area (Å²) >= 11 is 0. The highest BCUT2D eigenvalue weighted by atomic mass is 16.6. The molecule has 74 valence electrons. The number of piperazine rings is 3. The maximum absolute atomic E-state index is 10.8. The van der Waals surface area contributed by atoms with E-state index in [0.29, 0.717) is 6.04 Å². The normalized spacial score (nSPS) is 43.2. The van der Waals surface area contributed by atoms with Gasteiger partial charge in [0.05, 0.1) is 0 Å². The summed E-state index contributed by atoms with van der Waals surface area (Å²) in [6.45, 7) is 7.73. The summed E-state index contributed by atoms with van der Waals surface area (Å²) in [6, 6.07) is 0.612. The second-order valence-electron chi connectivity index (χ2n) is 3.90. The summed E-state index contributed by atoms with van der Waals surface area (Å²) in [5.41, 5.74) is 0. The molecule has 0 aromatic heterocycles. The summed E-state index contributed by atoms with van der Waals surface area (Å²) in [4.78, 5) is 15.4. The van der Waals surface area contributed by atoms with E-state index in [0.717, 1.165) is 26.2 Å². The average Bonchev–Trinajstić information content (AvgIpc) is 2.05. The van der Waals surface area contributed by atoms with Crippen LogP contribution in [0.15, 0.2) is 0 Å². The Labute approximate surface area is 78.4 Å². The van der Waals surface area contributed by atoms with Crippen LogP contribution in [0.5, 0.6) is 0 Å². The van der Waals surface area contributed by atoms with Crippen molar-refractivity contribution >= 4 is 5.97 Å². The predicted octanol–water partition coefficient (Wildman–Crippen LogP) is -0.105. The number of carbonyl (C=O) groups is 1. The molecule has 0 spiro atoms. The second kappa shape index (κ2) is 3.27. The Morgan fingerprint density at radius 1 is 1.31 bits per heavy atom. The van der Waals surface area contributed by atoms with Crippen LogP contribution in [0, 0.1) is 0 Å². The van der Waals surface area contributed by atoms with Crippen molar-refractivity contribution in [2.45, 2.75) is 26.1 Å². The Bertz CT molecular complexity index is 220. The maximum atomic E-state index is 10.8. The van der Waals surface area contributed by atoms with Crippen LogP contribution >= 0.6 is 0 Å². The molecule has 13 heavy (non-hydrogen) atoms. The van der Waals surface area contributed by atoms with Crippen LogP contribution in [0.3, 0.4) is 0 Å². The Balaban J connectivity index is 1.98. The zero-order valence-corrected chi connectivity index (χ0v) is 8.19. The van der Waals surface area contributed by atoms with Gasteiger partial charge in [-0.25, -0.2) is 0 Å². The molecule has 0 N–H and O–H groups in total. The number of hydrogen-bond acceptors (Lipinski definition) is 4. The first-order chi connectivity index (χ1) is 6.16. The Morgan fingerprint density at radius 3 is 2.46 bits per heavy atom. The van der Waals surface area contributed by atoms with Crippen LogP contribution in [-0.4, -0.2) is 54.2 Å². The molecule has 3 fully saturated rings. The van der Waals surface area contributed by atoms with E-state index in [9.17, 15) is 4.79 Å². The van der Waals surface area contributed by atoms with Crippen molar-refractivity contribution in [1.29, 1.82) is 0 Å². The van der Waals surface area contributed by atoms with Gasteiger partial charge in [-0.1, -0.05) is 0 Å². The second-order valence-corrected chi connectivity index (χ2v) is 3.90. The topological polar surface area (TPSA) is 32.8 Å². The fourth-order valence-corrected chi connectivity index (χ4v) is 2.18. The molecular formula is C9H16N2O2. The monoisotopic (exact) mass is 184 g/mol. The molecule has 0 aromatic rings. The third-order valence-electron chi connectivity index (χ3n) is 2.90. The smallest absolute Gasteiger partial charge is 0.304 e. The fourth-order valence-electron chi connectivity index (χ4n) is 2.18. The molecular weight excluding hydrogens is 168 g/mol. The van der Waals surface area contributed by atoms with Gasteiger partial charge in [-0.3, -0.25) is 14.6 Å². The molecule has 4 unspecified atom stereocenters. The maximum Gasteiger partial charge on any atom is 0.304 e. The SMILES string of the molecule is CC(=O)OC1CN2CCN1CC2C. The number of nitrogens with zero attached hydrogens (tertiary/aromatic N) is 2. The van der Waals surface area contributed by atoms with Crippen molar-refractivity contribution in [1.82, 2.24) is 9.80 Å². The fraction of sp³-hybridized carbons (Fsp3) is 0.889. The summed E-state index contributed by atoms with van der Waals surface area (Å²) in [5.74, 6) is -0.175. The van der Waals surface area contributed by atoms with E-state index in [1.165, 1.54) is 6.92 Å². The number of ether oxygens (including phenoxy) is 1. The zero-order chi connectivity index (χ0) is 9.42. The minimum Gasteiger partial charge on any atom is -0.445 e. The van der Waals surface area contributed by atoms with Crippen LogP contribution in [0.25, 0.3) is 0 Å². The molecule has 0 aromatic carbocycles. The molecule has 3 heterocycles. The Hall–Kier alpha value is -0.610. The van der Waals surface area contributed by atoms with Crippen molar-refractivity contribution < 1.29 is 9.53 Å². The van der Waals surface area contributed by atoms with Gasteiger partial charge in [-0.2, -0.15) is 0 Å². The van der Waals surface area contributed by atoms with Gasteiger partial charge in [0, 0.05) is 39.1 Å². The number of hydrogen-bond donors (Lipinski definition) is 0. The number of fused-ring (bicyclic) bond motifs is 3. The Kier molecular flexibility index (Phi) is 2.26. The first kappa shape index (κ1) is 8.97. The largest absolute Gasteiger partial charge is 0.445 e. The quantitative estimate of drug-likeness (QED) is 0.533. The molecule has 2 bridgehead atoms. The van der Waals surface area contributed by atoms with E-state index in [-0.39, 0.29) is 12.2 Å². The van der Waals surface area contributed by atoms with E-state index >= 15 is 0 Å². The van der Waals surface area contributed by atoms with Crippen LogP contribution in [0.4, 0.5) is 0 Å². The van der Waals surface area contributed by atoms with Crippen LogP contribution in [-0.2, 0) is 9.53 Å². The molecule has 3 rings (SSSR count). The lowest BCUT2D eigenvalue weighted by Crippen LogP contribution is -2.65. The van der Waals surface area contributed by atoms with E-state index in [1.54, 1.807) is 0 Å². The lowest BCUT2D eigenvalue weighted by atomic mass is 10.1. The van der Waals surface area contributed by atoms with E-state index in [1.807, 2.05) is 0 Å². The molecule has 4 atom stereocenters. The zero-order valence-electron chi connectivity index (χ0n) is 8.19. The predicted molar refractivity (Wildman–Crippen MR) is 48.2 cm³/mol. The van der Waals surface area contributed by atoms with Gasteiger partial charge >= 0.3 is 5.97 Å². The highest BCUT2D eigenvalue weighted by molar-refractivity contribution is 5.66. The molecule has 0 saturated carbocycles. The van der Waals surface area contributed by atoms with Crippen molar-refractivity contribution in [2.75, 3.05) is 26.2 Å². The molecule has 0 aliphatic carbocycles. The number of carbonyl (C=O) groups excluding carboxylic acids is 1. The van der Waals surface area contributed by atoms with Crippen molar-refractivity contribution in [3.8, 4) is 0 Å². The lowest BCUT2D eigenvalue weighted by Gasteiger charge is -2.50. The lowest BCUT2D eigenvalue weighted by molar-refractivity contribution is -0.175. The van der Waals surface area contributed by atoms with Crippen LogP contribution in [0.2, 0.25) is 0 Å². The molecule has 4 nitrogen and oxygen atoms in total. The minimum atomic E-state index is -0.175. The standard InChI is InChI=1S/C9H16N2O2/c1-7-5-11-4-3-10(7)6-9(11)13-8(2)12/h7,9H,3-6H2,1-2H3. The molecule has 3 aliphatic heterocycles. The van der Waals surface area contributed by atoms with Crippen LogP contribution < -0.4 is 0 Å². The summed E-state index contributed by atoms with van der Waals surface area (Å²) in [7, 11) is 0. The molecule has 4 heteroatoms. The van der Waals surface area contributed by atoms with Gasteiger partial charge in [-0.15, -0.1) is 0 Å².